The summed E-state index contributed by atoms with van der Waals surface area (Å²) < 4.78 is 7.66. The number of imidazole rings is 1. The molecule has 1 aliphatic carbocycles. The average molecular weight is 554 g/mol. The van der Waals surface area contributed by atoms with Crippen molar-refractivity contribution in [3.05, 3.63) is 88.7 Å². The van der Waals surface area contributed by atoms with Gasteiger partial charge >= 0.3 is 0 Å². The molecule has 2 atom stereocenters. The van der Waals surface area contributed by atoms with Gasteiger partial charge in [-0.25, -0.2) is 4.98 Å². The number of methoxy groups -OCH3 is 1. The third kappa shape index (κ3) is 5.73. The number of carbonyl (C=O) groups excluding carboxylic acids is 1. The predicted octanol–water partition coefficient (Wildman–Crippen LogP) is 5.43. The van der Waals surface area contributed by atoms with Crippen molar-refractivity contribution < 1.29 is 14.5 Å². The summed E-state index contributed by atoms with van der Waals surface area (Å²) in [5.74, 6) is 0.307. The van der Waals surface area contributed by atoms with Gasteiger partial charge in [-0.05, 0) is 42.5 Å². The van der Waals surface area contributed by atoms with Gasteiger partial charge in [0.2, 0.25) is 5.91 Å². The first-order chi connectivity index (χ1) is 20.0. The van der Waals surface area contributed by atoms with Crippen LogP contribution in [0.15, 0.2) is 72.9 Å². The van der Waals surface area contributed by atoms with Crippen molar-refractivity contribution in [2.45, 2.75) is 38.3 Å². The lowest BCUT2D eigenvalue weighted by Gasteiger charge is -2.38. The first-order valence-electron chi connectivity index (χ1n) is 14.4. The van der Waals surface area contributed by atoms with Gasteiger partial charge in [-0.15, -0.1) is 0 Å². The van der Waals surface area contributed by atoms with Gasteiger partial charge in [0.25, 0.3) is 5.69 Å². The number of aromatic nitrogens is 2. The Labute approximate surface area is 239 Å². The van der Waals surface area contributed by atoms with Crippen molar-refractivity contribution >= 4 is 17.2 Å². The van der Waals surface area contributed by atoms with Crippen molar-refractivity contribution in [2.24, 2.45) is 5.92 Å². The van der Waals surface area contributed by atoms with Crippen LogP contribution in [0.4, 0.5) is 5.69 Å². The molecular weight excluding hydrogens is 518 g/mol. The number of benzene rings is 2. The number of pyridine rings is 1. The van der Waals surface area contributed by atoms with Gasteiger partial charge in [-0.2, -0.15) is 0 Å². The zero-order chi connectivity index (χ0) is 28.3. The third-order valence-corrected chi connectivity index (χ3v) is 8.52. The van der Waals surface area contributed by atoms with Crippen LogP contribution in [0.2, 0.25) is 0 Å². The molecule has 41 heavy (non-hydrogen) atoms. The zero-order valence-corrected chi connectivity index (χ0v) is 23.3. The van der Waals surface area contributed by atoms with Crippen LogP contribution < -0.4 is 0 Å². The molecule has 2 aromatic heterocycles. The molecule has 3 heterocycles. The molecule has 0 bridgehead atoms. The second-order valence-electron chi connectivity index (χ2n) is 11.0. The van der Waals surface area contributed by atoms with E-state index in [1.165, 1.54) is 6.07 Å². The fraction of sp³-hybridized carbons (Fsp3) is 0.375. The summed E-state index contributed by atoms with van der Waals surface area (Å²) in [4.78, 5) is 33.8. The van der Waals surface area contributed by atoms with Gasteiger partial charge in [0.1, 0.15) is 5.65 Å². The monoisotopic (exact) mass is 553 g/mol. The van der Waals surface area contributed by atoms with E-state index >= 15 is 0 Å². The molecule has 4 aromatic rings. The van der Waals surface area contributed by atoms with Gasteiger partial charge in [0.15, 0.2) is 0 Å². The van der Waals surface area contributed by atoms with Crippen LogP contribution in [0.1, 0.15) is 31.4 Å². The van der Waals surface area contributed by atoms with Gasteiger partial charge in [0.05, 0.1) is 22.4 Å². The van der Waals surface area contributed by atoms with Crippen LogP contribution >= 0.6 is 0 Å². The van der Waals surface area contributed by atoms with Crippen LogP contribution in [0.5, 0.6) is 0 Å². The van der Waals surface area contributed by atoms with E-state index in [0.29, 0.717) is 19.6 Å². The van der Waals surface area contributed by atoms with Crippen molar-refractivity contribution in [3.8, 4) is 22.4 Å². The Morgan fingerprint density at radius 1 is 0.976 bits per heavy atom. The van der Waals surface area contributed by atoms with E-state index < -0.39 is 0 Å². The second-order valence-corrected chi connectivity index (χ2v) is 11.0. The molecule has 1 saturated heterocycles. The number of non-ortho nitro benzene ring substituents is 1. The Morgan fingerprint density at radius 2 is 1.76 bits per heavy atom. The number of ether oxygens (including phenoxy) is 1. The number of nitrogens with zero attached hydrogens (tertiary/aromatic N) is 5. The third-order valence-electron chi connectivity index (χ3n) is 8.52. The van der Waals surface area contributed by atoms with E-state index in [0.717, 1.165) is 72.5 Å². The van der Waals surface area contributed by atoms with Crippen LogP contribution in [-0.4, -0.2) is 69.4 Å². The SMILES string of the molecule is COC1CCCC(C(=O)N2CCN(Cc3c(-c4cccc([N+](=O)[O-])c4)nc4ccc(-c5ccccc5)cn34)CC2)C1. The topological polar surface area (TPSA) is 93.2 Å². The Kier molecular flexibility index (Phi) is 7.80. The number of rotatable bonds is 7. The summed E-state index contributed by atoms with van der Waals surface area (Å²) in [7, 11) is 1.74. The Morgan fingerprint density at radius 3 is 2.51 bits per heavy atom. The standard InChI is InChI=1S/C32H35N5O4/c1-41-28-12-6-10-25(20-28)32(38)35-17-15-34(16-18-35)22-29-31(24-9-5-11-27(19-24)37(39)40)33-30-14-13-26(21-36(29)30)23-7-3-2-4-8-23/h2-5,7-9,11,13-14,19,21,25,28H,6,10,12,15-18,20,22H2,1H3. The maximum atomic E-state index is 13.3. The zero-order valence-electron chi connectivity index (χ0n) is 23.3. The summed E-state index contributed by atoms with van der Waals surface area (Å²) in [6, 6.07) is 20.9. The van der Waals surface area contributed by atoms with Crippen LogP contribution in [0, 0.1) is 16.0 Å². The predicted molar refractivity (Wildman–Crippen MR) is 157 cm³/mol. The molecular formula is C32H35N5O4. The lowest BCUT2D eigenvalue weighted by molar-refractivity contribution is -0.384. The molecule has 2 unspecified atom stereocenters. The number of fused-ring (bicyclic) bond motifs is 1. The van der Waals surface area contributed by atoms with Crippen molar-refractivity contribution in [3.63, 3.8) is 0 Å². The maximum Gasteiger partial charge on any atom is 0.270 e. The van der Waals surface area contributed by atoms with Crippen LogP contribution in [0.3, 0.4) is 0 Å². The van der Waals surface area contributed by atoms with E-state index in [1.807, 2.05) is 35.2 Å². The van der Waals surface area contributed by atoms with E-state index in [-0.39, 0.29) is 28.5 Å². The number of nitro benzene ring substituents is 1. The summed E-state index contributed by atoms with van der Waals surface area (Å²) in [5, 5.41) is 11.5. The van der Waals surface area contributed by atoms with Crippen LogP contribution in [0.25, 0.3) is 28.0 Å². The number of hydrogen-bond acceptors (Lipinski definition) is 6. The molecule has 0 spiro atoms. The van der Waals surface area contributed by atoms with Gasteiger partial charge in [0, 0.05) is 69.6 Å². The summed E-state index contributed by atoms with van der Waals surface area (Å²) in [6.07, 6.45) is 6.11. The Bertz CT molecular complexity index is 1540. The molecule has 6 rings (SSSR count). The summed E-state index contributed by atoms with van der Waals surface area (Å²) in [6.45, 7) is 3.50. The fourth-order valence-electron chi connectivity index (χ4n) is 6.22. The van der Waals surface area contributed by atoms with E-state index in [2.05, 4.69) is 33.7 Å². The molecule has 2 aromatic carbocycles. The lowest BCUT2D eigenvalue weighted by atomic mass is 9.86. The summed E-state index contributed by atoms with van der Waals surface area (Å²) >= 11 is 0. The first kappa shape index (κ1) is 27.1. The van der Waals surface area contributed by atoms with Gasteiger partial charge < -0.3 is 14.0 Å². The highest BCUT2D eigenvalue weighted by Crippen LogP contribution is 2.31. The lowest BCUT2D eigenvalue weighted by Crippen LogP contribution is -2.50. The molecule has 212 valence electrons. The minimum atomic E-state index is -0.371. The Balaban J connectivity index is 1.27. The molecule has 2 fully saturated rings. The highest BCUT2D eigenvalue weighted by molar-refractivity contribution is 5.79. The highest BCUT2D eigenvalue weighted by Gasteiger charge is 2.32. The average Bonchev–Trinajstić information content (AvgIpc) is 3.39. The molecule has 1 amide bonds. The maximum absolute atomic E-state index is 13.3. The quantitative estimate of drug-likeness (QED) is 0.224. The van der Waals surface area contributed by atoms with Gasteiger partial charge in [-0.3, -0.25) is 19.8 Å². The number of carbonyl (C=O) groups is 1. The first-order valence-corrected chi connectivity index (χ1v) is 14.4. The van der Waals surface area contributed by atoms with Crippen LogP contribution in [-0.2, 0) is 16.1 Å². The number of hydrogen-bond donors (Lipinski definition) is 0. The highest BCUT2D eigenvalue weighted by atomic mass is 16.6. The summed E-state index contributed by atoms with van der Waals surface area (Å²) in [5.41, 5.74) is 5.45. The molecule has 9 nitrogen and oxygen atoms in total. The van der Waals surface area contributed by atoms with Crippen molar-refractivity contribution in [1.82, 2.24) is 19.2 Å². The van der Waals surface area contributed by atoms with Crippen molar-refractivity contribution in [2.75, 3.05) is 33.3 Å². The minimum Gasteiger partial charge on any atom is -0.381 e. The molecule has 1 aliphatic heterocycles. The molecule has 0 radical (unpaired) electrons. The Hall–Kier alpha value is -4.08. The fourth-order valence-corrected chi connectivity index (χ4v) is 6.22. The molecule has 2 aliphatic rings. The molecule has 1 saturated carbocycles. The number of piperazine rings is 1. The minimum absolute atomic E-state index is 0.0426. The second kappa shape index (κ2) is 11.8. The molecule has 0 N–H and O–H groups in total. The van der Waals surface area contributed by atoms with Crippen molar-refractivity contribution in [1.29, 1.82) is 0 Å². The smallest absolute Gasteiger partial charge is 0.270 e. The largest absolute Gasteiger partial charge is 0.381 e. The van der Waals surface area contributed by atoms with E-state index in [4.69, 9.17) is 9.72 Å². The molecule has 9 heteroatoms. The normalized spacial score (nSPS) is 19.9. The van der Waals surface area contributed by atoms with Gasteiger partial charge in [-0.1, -0.05) is 48.9 Å². The van der Waals surface area contributed by atoms with E-state index in [9.17, 15) is 14.9 Å². The van der Waals surface area contributed by atoms with E-state index in [1.54, 1.807) is 19.2 Å². The number of amides is 1. The number of nitro groups is 1.